The number of amides is 2. The van der Waals surface area contributed by atoms with Crippen LogP contribution in [-0.2, 0) is 9.59 Å². The van der Waals surface area contributed by atoms with Crippen LogP contribution in [0.5, 0.6) is 0 Å². The van der Waals surface area contributed by atoms with Crippen molar-refractivity contribution in [3.05, 3.63) is 35.5 Å². The second-order valence-electron chi connectivity index (χ2n) is 8.40. The van der Waals surface area contributed by atoms with Crippen LogP contribution in [-0.4, -0.2) is 58.6 Å². The van der Waals surface area contributed by atoms with E-state index in [0.717, 1.165) is 0 Å². The Hall–Kier alpha value is -2.68. The number of nitrogens with two attached hydrogens (primary N) is 1. The quantitative estimate of drug-likeness (QED) is 0.528. The van der Waals surface area contributed by atoms with E-state index in [2.05, 4.69) is 15.6 Å². The van der Waals surface area contributed by atoms with E-state index in [1.165, 1.54) is 30.4 Å². The lowest BCUT2D eigenvalue weighted by Crippen LogP contribution is -2.55. The molecule has 0 bridgehead atoms. The standard InChI is InChI=1S/C20H30FN5O3/c1-11-6-16(21)24-8-13(11)14(22)9-25-17(20(2,3)4)19(29)26-10-12(27)7-15(26)18(28)23-5/h6,8-9,12,15,17,25,27H,7,10,22H2,1-5H3,(H,23,28)/b14-9-. The average Bonchev–Trinajstić information content (AvgIpc) is 3.01. The third-order valence-corrected chi connectivity index (χ3v) is 5.02. The summed E-state index contributed by atoms with van der Waals surface area (Å²) in [6.07, 6.45) is 2.28. The number of β-amino-alcohol motifs (C(OH)–C–C–N with tert-alkyl or cyclic N) is 1. The van der Waals surface area contributed by atoms with Gasteiger partial charge in [-0.15, -0.1) is 0 Å². The smallest absolute Gasteiger partial charge is 0.246 e. The van der Waals surface area contributed by atoms with Gasteiger partial charge in [-0.25, -0.2) is 4.98 Å². The molecule has 0 aliphatic carbocycles. The molecule has 0 aromatic carbocycles. The molecule has 0 spiro atoms. The first kappa shape index (κ1) is 22.6. The Bertz CT molecular complexity index is 806. The van der Waals surface area contributed by atoms with E-state index in [9.17, 15) is 19.1 Å². The summed E-state index contributed by atoms with van der Waals surface area (Å²) in [6.45, 7) is 7.47. The Balaban J connectivity index is 2.27. The molecule has 5 N–H and O–H groups in total. The second kappa shape index (κ2) is 8.77. The van der Waals surface area contributed by atoms with Crippen molar-refractivity contribution < 1.29 is 19.1 Å². The number of likely N-dealkylation sites (N-methyl/N-ethyl adjacent to an activating group) is 1. The molecule has 160 valence electrons. The Kier molecular flexibility index (Phi) is 6.84. The molecule has 3 atom stereocenters. The molecule has 2 rings (SSSR count). The van der Waals surface area contributed by atoms with Crippen LogP contribution in [0.1, 0.15) is 38.3 Å². The molecule has 1 aliphatic rings. The fourth-order valence-corrected chi connectivity index (χ4v) is 3.40. The normalized spacial score (nSPS) is 21.1. The van der Waals surface area contributed by atoms with Crippen LogP contribution in [0.3, 0.4) is 0 Å². The van der Waals surface area contributed by atoms with Gasteiger partial charge in [-0.3, -0.25) is 9.59 Å². The van der Waals surface area contributed by atoms with E-state index in [1.54, 1.807) is 6.92 Å². The minimum atomic E-state index is -0.754. The monoisotopic (exact) mass is 407 g/mol. The van der Waals surface area contributed by atoms with Crippen molar-refractivity contribution in [2.24, 2.45) is 11.1 Å². The minimum absolute atomic E-state index is 0.0887. The first-order valence-corrected chi connectivity index (χ1v) is 9.50. The number of hydrogen-bond donors (Lipinski definition) is 4. The van der Waals surface area contributed by atoms with Gasteiger partial charge in [0.05, 0.1) is 11.8 Å². The van der Waals surface area contributed by atoms with Gasteiger partial charge in [0.15, 0.2) is 0 Å². The number of aryl methyl sites for hydroxylation is 1. The summed E-state index contributed by atoms with van der Waals surface area (Å²) in [5.41, 5.74) is 7.09. The lowest BCUT2D eigenvalue weighted by atomic mass is 9.85. The van der Waals surface area contributed by atoms with Crippen molar-refractivity contribution in [3.63, 3.8) is 0 Å². The summed E-state index contributed by atoms with van der Waals surface area (Å²) >= 11 is 0. The van der Waals surface area contributed by atoms with Gasteiger partial charge in [0, 0.05) is 38.0 Å². The molecule has 2 amide bonds. The second-order valence-corrected chi connectivity index (χ2v) is 8.40. The number of likely N-dealkylation sites (tertiary alicyclic amines) is 1. The molecule has 1 fully saturated rings. The SMILES string of the molecule is CNC(=O)C1CC(O)CN1C(=O)C(N/C=C(\N)c1cnc(F)cc1C)C(C)(C)C. The number of aliphatic hydroxyl groups is 1. The van der Waals surface area contributed by atoms with Crippen LogP contribution < -0.4 is 16.4 Å². The zero-order chi connectivity index (χ0) is 21.9. The van der Waals surface area contributed by atoms with E-state index >= 15 is 0 Å². The number of carbonyl (C=O) groups excluding carboxylic acids is 2. The molecule has 1 aromatic heterocycles. The number of pyridine rings is 1. The molecule has 29 heavy (non-hydrogen) atoms. The van der Waals surface area contributed by atoms with Gasteiger partial charge in [0.1, 0.15) is 12.1 Å². The maximum atomic E-state index is 13.3. The number of carbonyl (C=O) groups is 2. The predicted octanol–water partition coefficient (Wildman–Crippen LogP) is 0.498. The summed E-state index contributed by atoms with van der Waals surface area (Å²) in [5, 5.41) is 15.6. The number of halogens is 1. The van der Waals surface area contributed by atoms with Gasteiger partial charge < -0.3 is 26.4 Å². The molecule has 1 aromatic rings. The Morgan fingerprint density at radius 3 is 2.66 bits per heavy atom. The summed E-state index contributed by atoms with van der Waals surface area (Å²) in [5.74, 6) is -1.21. The molecular formula is C20H30FN5O3. The molecule has 0 radical (unpaired) electrons. The number of hydrogen-bond acceptors (Lipinski definition) is 6. The highest BCUT2D eigenvalue weighted by atomic mass is 19.1. The van der Waals surface area contributed by atoms with Crippen molar-refractivity contribution in [2.75, 3.05) is 13.6 Å². The summed E-state index contributed by atoms with van der Waals surface area (Å²) in [6, 6.07) is -0.145. The zero-order valence-corrected chi connectivity index (χ0v) is 17.5. The molecular weight excluding hydrogens is 377 g/mol. The Labute approximate surface area is 170 Å². The lowest BCUT2D eigenvalue weighted by Gasteiger charge is -2.35. The maximum Gasteiger partial charge on any atom is 0.246 e. The molecule has 3 unspecified atom stereocenters. The first-order chi connectivity index (χ1) is 13.5. The predicted molar refractivity (Wildman–Crippen MR) is 108 cm³/mol. The van der Waals surface area contributed by atoms with Gasteiger partial charge in [0.25, 0.3) is 0 Å². The van der Waals surface area contributed by atoms with Gasteiger partial charge in [-0.2, -0.15) is 4.39 Å². The van der Waals surface area contributed by atoms with Crippen LogP contribution in [0.15, 0.2) is 18.5 Å². The van der Waals surface area contributed by atoms with E-state index < -0.39 is 29.6 Å². The number of nitrogens with zero attached hydrogens (tertiary/aromatic N) is 2. The minimum Gasteiger partial charge on any atom is -0.397 e. The molecule has 1 aliphatic heterocycles. The lowest BCUT2D eigenvalue weighted by molar-refractivity contribution is -0.141. The third kappa shape index (κ3) is 5.23. The fourth-order valence-electron chi connectivity index (χ4n) is 3.40. The van der Waals surface area contributed by atoms with Crippen LogP contribution in [0, 0.1) is 18.3 Å². The van der Waals surface area contributed by atoms with Crippen LogP contribution in [0.4, 0.5) is 4.39 Å². The Morgan fingerprint density at radius 1 is 1.45 bits per heavy atom. The number of aromatic nitrogens is 1. The van der Waals surface area contributed by atoms with E-state index in [-0.39, 0.29) is 24.8 Å². The van der Waals surface area contributed by atoms with E-state index in [4.69, 9.17) is 5.73 Å². The third-order valence-electron chi connectivity index (χ3n) is 5.02. The molecule has 2 heterocycles. The van der Waals surface area contributed by atoms with Gasteiger partial charge in [-0.05, 0) is 24.0 Å². The zero-order valence-electron chi connectivity index (χ0n) is 17.5. The van der Waals surface area contributed by atoms with Gasteiger partial charge in [-0.1, -0.05) is 20.8 Å². The van der Waals surface area contributed by atoms with Crippen molar-refractivity contribution in [3.8, 4) is 0 Å². The summed E-state index contributed by atoms with van der Waals surface area (Å²) in [4.78, 5) is 30.4. The fraction of sp³-hybridized carbons (Fsp3) is 0.550. The number of nitrogens with one attached hydrogen (secondary N) is 2. The van der Waals surface area contributed by atoms with Crippen molar-refractivity contribution in [2.45, 2.75) is 52.3 Å². The number of rotatable bonds is 5. The highest BCUT2D eigenvalue weighted by Gasteiger charge is 2.43. The van der Waals surface area contributed by atoms with Crippen molar-refractivity contribution >= 4 is 17.5 Å². The molecule has 0 saturated carbocycles. The van der Waals surface area contributed by atoms with Crippen molar-refractivity contribution in [1.29, 1.82) is 0 Å². The van der Waals surface area contributed by atoms with E-state index in [0.29, 0.717) is 16.8 Å². The van der Waals surface area contributed by atoms with Gasteiger partial charge >= 0.3 is 0 Å². The Morgan fingerprint density at radius 2 is 2.10 bits per heavy atom. The first-order valence-electron chi connectivity index (χ1n) is 9.50. The largest absolute Gasteiger partial charge is 0.397 e. The van der Waals surface area contributed by atoms with Crippen LogP contribution in [0.25, 0.3) is 5.70 Å². The highest BCUT2D eigenvalue weighted by Crippen LogP contribution is 2.26. The van der Waals surface area contributed by atoms with E-state index in [1.807, 2.05) is 20.8 Å². The molecule has 9 heteroatoms. The molecule has 8 nitrogen and oxygen atoms in total. The topological polar surface area (TPSA) is 121 Å². The average molecular weight is 407 g/mol. The molecule has 1 saturated heterocycles. The van der Waals surface area contributed by atoms with Gasteiger partial charge in [0.2, 0.25) is 17.8 Å². The summed E-state index contributed by atoms with van der Waals surface area (Å²) in [7, 11) is 1.50. The number of aliphatic hydroxyl groups excluding tert-OH is 1. The van der Waals surface area contributed by atoms with Crippen LogP contribution in [0.2, 0.25) is 0 Å². The van der Waals surface area contributed by atoms with Crippen LogP contribution >= 0.6 is 0 Å². The summed E-state index contributed by atoms with van der Waals surface area (Å²) < 4.78 is 13.2. The maximum absolute atomic E-state index is 13.3. The van der Waals surface area contributed by atoms with Crippen molar-refractivity contribution in [1.82, 2.24) is 20.5 Å². The highest BCUT2D eigenvalue weighted by molar-refractivity contribution is 5.91.